The molecule has 0 radical (unpaired) electrons. The summed E-state index contributed by atoms with van der Waals surface area (Å²) in [6, 6.07) is 5.69. The lowest BCUT2D eigenvalue weighted by atomic mass is 10.1. The topological polar surface area (TPSA) is 35.5 Å². The molecule has 0 aliphatic carbocycles. The standard InChI is InChI=1S/C11H13BrO3/c1-14-9-5-3-8(10(12)7-9)4-6-11(13)15-2/h3,5,7H,4,6H2,1-2H3. The predicted octanol–water partition coefficient (Wildman–Crippen LogP) is 2.56. The number of carbonyl (C=O) groups is 1. The fraction of sp³-hybridized carbons (Fsp3) is 0.364. The number of esters is 1. The Bertz CT molecular complexity index is 350. The first-order valence-corrected chi connectivity index (χ1v) is 5.36. The predicted molar refractivity (Wildman–Crippen MR) is 61.0 cm³/mol. The molecule has 15 heavy (non-hydrogen) atoms. The molecule has 0 N–H and O–H groups in total. The second kappa shape index (κ2) is 5.75. The molecule has 0 aliphatic heterocycles. The van der Waals surface area contributed by atoms with Gasteiger partial charge < -0.3 is 9.47 Å². The molecule has 0 aromatic heterocycles. The maximum Gasteiger partial charge on any atom is 0.305 e. The summed E-state index contributed by atoms with van der Waals surface area (Å²) in [6.45, 7) is 0. The summed E-state index contributed by atoms with van der Waals surface area (Å²) in [6.07, 6.45) is 1.05. The van der Waals surface area contributed by atoms with Gasteiger partial charge in [-0.25, -0.2) is 0 Å². The SMILES string of the molecule is COC(=O)CCc1ccc(OC)cc1Br. The van der Waals surface area contributed by atoms with Crippen molar-refractivity contribution in [1.29, 1.82) is 0 Å². The third-order valence-electron chi connectivity index (χ3n) is 2.09. The molecule has 0 spiro atoms. The molecule has 1 aromatic rings. The van der Waals surface area contributed by atoms with Crippen LogP contribution in [0, 0.1) is 0 Å². The number of carbonyl (C=O) groups excluding carboxylic acids is 1. The van der Waals surface area contributed by atoms with Gasteiger partial charge in [-0.15, -0.1) is 0 Å². The first-order valence-electron chi connectivity index (χ1n) is 4.56. The Kier molecular flexibility index (Phi) is 4.62. The third kappa shape index (κ3) is 3.55. The highest BCUT2D eigenvalue weighted by molar-refractivity contribution is 9.10. The van der Waals surface area contributed by atoms with Gasteiger partial charge in [0.2, 0.25) is 0 Å². The quantitative estimate of drug-likeness (QED) is 0.791. The van der Waals surface area contributed by atoms with Crippen molar-refractivity contribution in [3.8, 4) is 5.75 Å². The van der Waals surface area contributed by atoms with E-state index in [2.05, 4.69) is 20.7 Å². The largest absolute Gasteiger partial charge is 0.497 e. The monoisotopic (exact) mass is 272 g/mol. The fourth-order valence-electron chi connectivity index (χ4n) is 1.20. The van der Waals surface area contributed by atoms with Crippen molar-refractivity contribution in [1.82, 2.24) is 0 Å². The van der Waals surface area contributed by atoms with Crippen molar-refractivity contribution < 1.29 is 14.3 Å². The van der Waals surface area contributed by atoms with Gasteiger partial charge in [-0.2, -0.15) is 0 Å². The van der Waals surface area contributed by atoms with Crippen LogP contribution < -0.4 is 4.74 Å². The zero-order chi connectivity index (χ0) is 11.3. The molecule has 0 amide bonds. The Morgan fingerprint density at radius 1 is 1.40 bits per heavy atom. The number of rotatable bonds is 4. The minimum atomic E-state index is -0.197. The van der Waals surface area contributed by atoms with Crippen LogP contribution in [0.5, 0.6) is 5.75 Å². The average Bonchev–Trinajstić information content (AvgIpc) is 2.26. The van der Waals surface area contributed by atoms with Crippen LogP contribution in [0.15, 0.2) is 22.7 Å². The lowest BCUT2D eigenvalue weighted by Gasteiger charge is -2.06. The van der Waals surface area contributed by atoms with E-state index in [1.165, 1.54) is 7.11 Å². The third-order valence-corrected chi connectivity index (χ3v) is 2.82. The van der Waals surface area contributed by atoms with E-state index in [1.807, 2.05) is 18.2 Å². The van der Waals surface area contributed by atoms with Crippen molar-refractivity contribution in [2.45, 2.75) is 12.8 Å². The summed E-state index contributed by atoms with van der Waals surface area (Å²) in [5.41, 5.74) is 1.07. The summed E-state index contributed by atoms with van der Waals surface area (Å²) >= 11 is 3.43. The molecule has 0 saturated heterocycles. The van der Waals surface area contributed by atoms with E-state index < -0.39 is 0 Å². The molecule has 0 aliphatic rings. The number of aryl methyl sites for hydroxylation is 1. The van der Waals surface area contributed by atoms with Gasteiger partial charge >= 0.3 is 5.97 Å². The van der Waals surface area contributed by atoms with Crippen LogP contribution in [0.1, 0.15) is 12.0 Å². The van der Waals surface area contributed by atoms with Gasteiger partial charge in [0.1, 0.15) is 5.75 Å². The van der Waals surface area contributed by atoms with E-state index in [-0.39, 0.29) is 5.97 Å². The van der Waals surface area contributed by atoms with Crippen LogP contribution in [-0.2, 0) is 16.0 Å². The van der Waals surface area contributed by atoms with E-state index >= 15 is 0 Å². The maximum absolute atomic E-state index is 11.0. The molecule has 0 heterocycles. The smallest absolute Gasteiger partial charge is 0.305 e. The van der Waals surface area contributed by atoms with Gasteiger partial charge in [-0.3, -0.25) is 4.79 Å². The molecule has 0 fully saturated rings. The van der Waals surface area contributed by atoms with Crippen LogP contribution in [0.3, 0.4) is 0 Å². The van der Waals surface area contributed by atoms with E-state index in [0.29, 0.717) is 12.8 Å². The zero-order valence-electron chi connectivity index (χ0n) is 8.75. The van der Waals surface area contributed by atoms with Gasteiger partial charge in [0, 0.05) is 10.9 Å². The highest BCUT2D eigenvalue weighted by Gasteiger charge is 2.05. The molecule has 3 nitrogen and oxygen atoms in total. The number of hydrogen-bond acceptors (Lipinski definition) is 3. The lowest BCUT2D eigenvalue weighted by Crippen LogP contribution is -2.02. The van der Waals surface area contributed by atoms with Crippen molar-refractivity contribution in [3.63, 3.8) is 0 Å². The minimum absolute atomic E-state index is 0.197. The normalized spacial score (nSPS) is 9.80. The molecular formula is C11H13BrO3. The molecule has 82 valence electrons. The molecule has 0 saturated carbocycles. The van der Waals surface area contributed by atoms with Crippen LogP contribution in [-0.4, -0.2) is 20.2 Å². The first kappa shape index (κ1) is 12.0. The number of hydrogen-bond donors (Lipinski definition) is 0. The van der Waals surface area contributed by atoms with Crippen molar-refractivity contribution in [2.75, 3.05) is 14.2 Å². The van der Waals surface area contributed by atoms with E-state index in [0.717, 1.165) is 15.8 Å². The van der Waals surface area contributed by atoms with Gasteiger partial charge in [-0.05, 0) is 24.1 Å². The van der Waals surface area contributed by atoms with Crippen LogP contribution in [0.4, 0.5) is 0 Å². The molecule has 0 unspecified atom stereocenters. The first-order chi connectivity index (χ1) is 7.17. The Hall–Kier alpha value is -1.03. The van der Waals surface area contributed by atoms with E-state index in [1.54, 1.807) is 7.11 Å². The number of halogens is 1. The summed E-state index contributed by atoms with van der Waals surface area (Å²) in [5, 5.41) is 0. The van der Waals surface area contributed by atoms with Crippen LogP contribution in [0.2, 0.25) is 0 Å². The summed E-state index contributed by atoms with van der Waals surface area (Å²) < 4.78 is 10.6. The van der Waals surface area contributed by atoms with Gasteiger partial charge in [0.05, 0.1) is 14.2 Å². The Morgan fingerprint density at radius 2 is 2.13 bits per heavy atom. The summed E-state index contributed by atoms with van der Waals surface area (Å²) in [5.74, 6) is 0.599. The highest BCUT2D eigenvalue weighted by atomic mass is 79.9. The van der Waals surface area contributed by atoms with E-state index in [4.69, 9.17) is 4.74 Å². The second-order valence-corrected chi connectivity index (χ2v) is 3.89. The summed E-state index contributed by atoms with van der Waals surface area (Å²) in [4.78, 5) is 11.0. The second-order valence-electron chi connectivity index (χ2n) is 3.03. The molecule has 1 aromatic carbocycles. The molecular weight excluding hydrogens is 260 g/mol. The number of methoxy groups -OCH3 is 2. The van der Waals surface area contributed by atoms with E-state index in [9.17, 15) is 4.79 Å². The minimum Gasteiger partial charge on any atom is -0.497 e. The number of ether oxygens (including phenoxy) is 2. The van der Waals surface area contributed by atoms with Crippen molar-refractivity contribution >= 4 is 21.9 Å². The Labute approximate surface area is 97.5 Å². The zero-order valence-corrected chi connectivity index (χ0v) is 10.3. The maximum atomic E-state index is 11.0. The fourth-order valence-corrected chi connectivity index (χ4v) is 1.75. The van der Waals surface area contributed by atoms with Gasteiger partial charge in [-0.1, -0.05) is 22.0 Å². The van der Waals surface area contributed by atoms with Crippen LogP contribution in [0.25, 0.3) is 0 Å². The van der Waals surface area contributed by atoms with Crippen molar-refractivity contribution in [3.05, 3.63) is 28.2 Å². The molecule has 1 rings (SSSR count). The lowest BCUT2D eigenvalue weighted by molar-refractivity contribution is -0.140. The summed E-state index contributed by atoms with van der Waals surface area (Å²) in [7, 11) is 3.02. The van der Waals surface area contributed by atoms with Gasteiger partial charge in [0.15, 0.2) is 0 Å². The highest BCUT2D eigenvalue weighted by Crippen LogP contribution is 2.23. The van der Waals surface area contributed by atoms with Gasteiger partial charge in [0.25, 0.3) is 0 Å². The average molecular weight is 273 g/mol. The number of benzene rings is 1. The Balaban J connectivity index is 2.66. The Morgan fingerprint density at radius 3 is 2.67 bits per heavy atom. The van der Waals surface area contributed by atoms with Crippen LogP contribution >= 0.6 is 15.9 Å². The molecule has 0 atom stereocenters. The molecule has 0 bridgehead atoms. The van der Waals surface area contributed by atoms with Crippen molar-refractivity contribution in [2.24, 2.45) is 0 Å². The molecule has 4 heteroatoms.